The van der Waals surface area contributed by atoms with Crippen molar-refractivity contribution >= 4 is 27.3 Å². The summed E-state index contributed by atoms with van der Waals surface area (Å²) in [4.78, 5) is 17.4. The summed E-state index contributed by atoms with van der Waals surface area (Å²) in [7, 11) is -3.74. The third-order valence-electron chi connectivity index (χ3n) is 5.29. The number of carbonyl (C=O) groups excluding carboxylic acids is 1. The quantitative estimate of drug-likeness (QED) is 0.745. The van der Waals surface area contributed by atoms with Crippen molar-refractivity contribution in [3.63, 3.8) is 0 Å². The van der Waals surface area contributed by atoms with E-state index in [-0.39, 0.29) is 10.8 Å². The first-order valence-electron chi connectivity index (χ1n) is 10.1. The Balaban J connectivity index is 1.66. The Hall–Kier alpha value is -2.62. The monoisotopic (exact) mass is 430 g/mol. The number of benzene rings is 2. The molecule has 2 saturated heterocycles. The van der Waals surface area contributed by atoms with E-state index in [0.29, 0.717) is 37.6 Å². The Morgan fingerprint density at radius 3 is 2.37 bits per heavy atom. The van der Waals surface area contributed by atoms with E-state index >= 15 is 0 Å². The van der Waals surface area contributed by atoms with Crippen LogP contribution in [-0.4, -0.2) is 71.7 Å². The lowest BCUT2D eigenvalue weighted by Crippen LogP contribution is -2.45. The molecule has 2 N–H and O–H groups in total. The van der Waals surface area contributed by atoms with Gasteiger partial charge >= 0.3 is 0 Å². The Labute approximate surface area is 176 Å². The molecule has 0 spiro atoms. The van der Waals surface area contributed by atoms with Crippen LogP contribution < -0.4 is 14.9 Å². The highest BCUT2D eigenvalue weighted by atomic mass is 32.2. The van der Waals surface area contributed by atoms with Crippen LogP contribution in [0.4, 0.5) is 11.4 Å². The van der Waals surface area contributed by atoms with Crippen LogP contribution in [0.15, 0.2) is 53.4 Å². The first kappa shape index (κ1) is 20.6. The Bertz CT molecular complexity index is 985. The molecule has 9 heteroatoms. The van der Waals surface area contributed by atoms with Crippen LogP contribution in [0.5, 0.6) is 0 Å². The van der Waals surface area contributed by atoms with Gasteiger partial charge in [-0.3, -0.25) is 9.52 Å². The molecule has 2 heterocycles. The number of morpholine rings is 1. The molecular weight excluding hydrogens is 404 g/mol. The minimum atomic E-state index is -3.74. The number of nitrogens with zero attached hydrogens (tertiary/aromatic N) is 2. The molecule has 0 aromatic heterocycles. The Kier molecular flexibility index (Phi) is 6.21. The number of anilines is 2. The van der Waals surface area contributed by atoms with Crippen molar-refractivity contribution in [2.24, 2.45) is 0 Å². The molecule has 2 aromatic rings. The van der Waals surface area contributed by atoms with Crippen LogP contribution in [0.1, 0.15) is 10.4 Å². The van der Waals surface area contributed by atoms with E-state index in [9.17, 15) is 13.2 Å². The average Bonchev–Trinajstić information content (AvgIpc) is 2.80. The van der Waals surface area contributed by atoms with E-state index < -0.39 is 10.0 Å². The fourth-order valence-electron chi connectivity index (χ4n) is 3.70. The molecule has 30 heavy (non-hydrogen) atoms. The molecule has 0 radical (unpaired) electrons. The molecule has 2 fully saturated rings. The molecule has 4 rings (SSSR count). The highest BCUT2D eigenvalue weighted by Crippen LogP contribution is 2.28. The van der Waals surface area contributed by atoms with Crippen molar-refractivity contribution in [1.29, 1.82) is 0 Å². The van der Waals surface area contributed by atoms with Gasteiger partial charge in [0.15, 0.2) is 0 Å². The van der Waals surface area contributed by atoms with Crippen LogP contribution >= 0.6 is 0 Å². The maximum atomic E-state index is 13.3. The zero-order valence-electron chi connectivity index (χ0n) is 16.7. The molecule has 1 amide bonds. The fraction of sp³-hybridized carbons (Fsp3) is 0.381. The number of sulfonamides is 1. The van der Waals surface area contributed by atoms with Gasteiger partial charge in [0, 0.05) is 50.6 Å². The maximum absolute atomic E-state index is 13.3. The molecule has 0 saturated carbocycles. The standard InChI is InChI=1S/C21H26N4O4S/c26-21(25-12-14-29-15-13-25)19-16-17(6-7-20(19)24-10-8-22-9-11-24)23-30(27,28)18-4-2-1-3-5-18/h1-7,16,22-23H,8-15H2. The van der Waals surface area contributed by atoms with E-state index in [4.69, 9.17) is 4.74 Å². The SMILES string of the molecule is O=C(c1cc(NS(=O)(=O)c2ccccc2)ccc1N1CCNCC1)N1CCOCC1. The van der Waals surface area contributed by atoms with Gasteiger partial charge in [-0.15, -0.1) is 0 Å². The highest BCUT2D eigenvalue weighted by molar-refractivity contribution is 7.92. The summed E-state index contributed by atoms with van der Waals surface area (Å²) in [6.07, 6.45) is 0. The Morgan fingerprint density at radius 2 is 1.67 bits per heavy atom. The van der Waals surface area contributed by atoms with E-state index in [2.05, 4.69) is 14.9 Å². The molecule has 0 bridgehead atoms. The number of carbonyl (C=O) groups is 1. The van der Waals surface area contributed by atoms with Gasteiger partial charge in [-0.05, 0) is 30.3 Å². The van der Waals surface area contributed by atoms with Gasteiger partial charge < -0.3 is 19.9 Å². The van der Waals surface area contributed by atoms with Gasteiger partial charge in [0.2, 0.25) is 0 Å². The van der Waals surface area contributed by atoms with Crippen LogP contribution in [0.2, 0.25) is 0 Å². The molecule has 2 aliphatic rings. The fourth-order valence-corrected chi connectivity index (χ4v) is 4.77. The molecule has 8 nitrogen and oxygen atoms in total. The largest absolute Gasteiger partial charge is 0.378 e. The van der Waals surface area contributed by atoms with E-state index in [0.717, 1.165) is 31.9 Å². The van der Waals surface area contributed by atoms with Gasteiger partial charge in [0.05, 0.1) is 23.7 Å². The Morgan fingerprint density at radius 1 is 0.967 bits per heavy atom. The lowest BCUT2D eigenvalue weighted by atomic mass is 10.1. The van der Waals surface area contributed by atoms with E-state index in [1.807, 2.05) is 6.07 Å². The first-order valence-corrected chi connectivity index (χ1v) is 11.6. The van der Waals surface area contributed by atoms with Crippen molar-refractivity contribution in [2.75, 3.05) is 62.1 Å². The number of piperazine rings is 1. The first-order chi connectivity index (χ1) is 14.5. The van der Waals surface area contributed by atoms with Crippen molar-refractivity contribution < 1.29 is 17.9 Å². The van der Waals surface area contributed by atoms with Gasteiger partial charge in [-0.1, -0.05) is 18.2 Å². The zero-order valence-corrected chi connectivity index (χ0v) is 17.5. The number of hydrogen-bond donors (Lipinski definition) is 2. The second-order valence-electron chi connectivity index (χ2n) is 7.29. The second kappa shape index (κ2) is 9.03. The topological polar surface area (TPSA) is 91.0 Å². The molecular formula is C21H26N4O4S. The number of hydrogen-bond acceptors (Lipinski definition) is 6. The van der Waals surface area contributed by atoms with Gasteiger partial charge in [-0.2, -0.15) is 0 Å². The zero-order chi connectivity index (χ0) is 21.0. The maximum Gasteiger partial charge on any atom is 0.261 e. The van der Waals surface area contributed by atoms with E-state index in [1.165, 1.54) is 12.1 Å². The second-order valence-corrected chi connectivity index (χ2v) is 8.97. The number of amides is 1. The third kappa shape index (κ3) is 4.58. The third-order valence-corrected chi connectivity index (χ3v) is 6.69. The minimum absolute atomic E-state index is 0.104. The van der Waals surface area contributed by atoms with E-state index in [1.54, 1.807) is 35.2 Å². The van der Waals surface area contributed by atoms with Crippen LogP contribution in [-0.2, 0) is 14.8 Å². The van der Waals surface area contributed by atoms with Crippen LogP contribution in [0.25, 0.3) is 0 Å². The predicted octanol–water partition coefficient (Wildman–Crippen LogP) is 1.37. The summed E-state index contributed by atoms with van der Waals surface area (Å²) in [5.41, 5.74) is 1.71. The normalized spacial score (nSPS) is 17.6. The van der Waals surface area contributed by atoms with Gasteiger partial charge in [0.1, 0.15) is 0 Å². The average molecular weight is 431 g/mol. The lowest BCUT2D eigenvalue weighted by molar-refractivity contribution is 0.0303. The molecule has 0 atom stereocenters. The predicted molar refractivity (Wildman–Crippen MR) is 115 cm³/mol. The van der Waals surface area contributed by atoms with Crippen LogP contribution in [0, 0.1) is 0 Å². The summed E-state index contributed by atoms with van der Waals surface area (Å²) in [5, 5.41) is 3.31. The summed E-state index contributed by atoms with van der Waals surface area (Å²) in [5.74, 6) is -0.104. The minimum Gasteiger partial charge on any atom is -0.378 e. The lowest BCUT2D eigenvalue weighted by Gasteiger charge is -2.33. The van der Waals surface area contributed by atoms with Crippen LogP contribution in [0.3, 0.4) is 0 Å². The van der Waals surface area contributed by atoms with Crippen molar-refractivity contribution in [3.05, 3.63) is 54.1 Å². The summed E-state index contributed by atoms with van der Waals surface area (Å²) in [6.45, 7) is 5.34. The van der Waals surface area contributed by atoms with Crippen molar-refractivity contribution in [3.8, 4) is 0 Å². The molecule has 0 unspecified atom stereocenters. The molecule has 160 valence electrons. The van der Waals surface area contributed by atoms with Crippen molar-refractivity contribution in [1.82, 2.24) is 10.2 Å². The van der Waals surface area contributed by atoms with Gasteiger partial charge in [0.25, 0.3) is 15.9 Å². The summed E-state index contributed by atoms with van der Waals surface area (Å²) < 4.78 is 33.4. The number of ether oxygens (including phenoxy) is 1. The molecule has 2 aliphatic heterocycles. The smallest absolute Gasteiger partial charge is 0.261 e. The van der Waals surface area contributed by atoms with Crippen molar-refractivity contribution in [2.45, 2.75) is 4.90 Å². The number of nitrogens with one attached hydrogen (secondary N) is 2. The molecule has 2 aromatic carbocycles. The number of rotatable bonds is 5. The van der Waals surface area contributed by atoms with Gasteiger partial charge in [-0.25, -0.2) is 8.42 Å². The summed E-state index contributed by atoms with van der Waals surface area (Å²) in [6, 6.07) is 13.4. The highest BCUT2D eigenvalue weighted by Gasteiger charge is 2.25. The summed E-state index contributed by atoms with van der Waals surface area (Å²) >= 11 is 0. The molecule has 0 aliphatic carbocycles.